The van der Waals surface area contributed by atoms with Gasteiger partial charge < -0.3 is 25.7 Å². The third kappa shape index (κ3) is 4.17. The number of nitrogens with zero attached hydrogens (tertiary/aromatic N) is 4. The summed E-state index contributed by atoms with van der Waals surface area (Å²) in [7, 11) is 1.67. The number of nitrogens with two attached hydrogens (primary N) is 1. The molecule has 4 N–H and O–H groups in total. The molecule has 0 aliphatic carbocycles. The van der Waals surface area contributed by atoms with E-state index in [0.29, 0.717) is 12.4 Å². The normalized spacial score (nSPS) is 13.9. The topological polar surface area (TPSA) is 103 Å². The molecule has 0 saturated carbocycles. The highest BCUT2D eigenvalue weighted by Crippen LogP contribution is 2.34. The Bertz CT molecular complexity index is 1360. The minimum atomic E-state index is 0.272. The number of aromatic nitrogens is 4. The maximum atomic E-state index is 6.12. The van der Waals surface area contributed by atoms with Crippen molar-refractivity contribution in [1.82, 2.24) is 24.8 Å². The van der Waals surface area contributed by atoms with E-state index in [1.54, 1.807) is 7.11 Å². The third-order valence-corrected chi connectivity index (χ3v) is 6.33. The summed E-state index contributed by atoms with van der Waals surface area (Å²) in [5.41, 5.74) is 12.5. The van der Waals surface area contributed by atoms with Crippen LogP contribution in [0.5, 0.6) is 5.88 Å². The average molecular weight is 458 g/mol. The Morgan fingerprint density at radius 2 is 2.12 bits per heavy atom. The van der Waals surface area contributed by atoms with Gasteiger partial charge in [0.25, 0.3) is 0 Å². The van der Waals surface area contributed by atoms with Crippen molar-refractivity contribution in [2.75, 3.05) is 37.8 Å². The first-order valence-corrected chi connectivity index (χ1v) is 11.9. The highest BCUT2D eigenvalue weighted by molar-refractivity contribution is 6.09. The number of pyridine rings is 1. The summed E-state index contributed by atoms with van der Waals surface area (Å²) >= 11 is 0. The molecule has 8 heteroatoms. The molecular weight excluding hydrogens is 426 g/mol. The van der Waals surface area contributed by atoms with Crippen LogP contribution in [-0.2, 0) is 6.54 Å². The average Bonchev–Trinajstić information content (AvgIpc) is 3.18. The number of hydrogen-bond donors (Lipinski definition) is 3. The van der Waals surface area contributed by atoms with Crippen LogP contribution in [0.2, 0.25) is 0 Å². The fourth-order valence-corrected chi connectivity index (χ4v) is 4.64. The van der Waals surface area contributed by atoms with Crippen molar-refractivity contribution in [3.05, 3.63) is 53.7 Å². The van der Waals surface area contributed by atoms with Gasteiger partial charge in [-0.05, 0) is 42.7 Å². The van der Waals surface area contributed by atoms with Gasteiger partial charge in [-0.2, -0.15) is 4.98 Å². The number of nitrogens with one attached hydrogen (secondary N) is 2. The van der Waals surface area contributed by atoms with E-state index in [2.05, 4.69) is 61.4 Å². The van der Waals surface area contributed by atoms with Crippen molar-refractivity contribution in [1.29, 1.82) is 0 Å². The summed E-state index contributed by atoms with van der Waals surface area (Å²) in [5, 5.41) is 7.92. The van der Waals surface area contributed by atoms with E-state index in [1.165, 1.54) is 5.57 Å². The molecule has 0 spiro atoms. The molecule has 0 unspecified atom stereocenters. The zero-order valence-electron chi connectivity index (χ0n) is 19.8. The minimum absolute atomic E-state index is 0.272. The molecule has 0 atom stereocenters. The van der Waals surface area contributed by atoms with Gasteiger partial charge in [0.2, 0.25) is 11.8 Å². The molecular formula is C26H31N7O. The van der Waals surface area contributed by atoms with Crippen molar-refractivity contribution in [3.8, 4) is 5.88 Å². The molecule has 0 bridgehead atoms. The number of anilines is 2. The molecule has 0 amide bonds. The van der Waals surface area contributed by atoms with E-state index in [9.17, 15) is 0 Å². The lowest BCUT2D eigenvalue weighted by Crippen LogP contribution is -2.20. The lowest BCUT2D eigenvalue weighted by molar-refractivity contribution is 0.391. The van der Waals surface area contributed by atoms with Crippen LogP contribution in [0.15, 0.2) is 42.6 Å². The summed E-state index contributed by atoms with van der Waals surface area (Å²) in [6.45, 7) is 5.44. The van der Waals surface area contributed by atoms with E-state index >= 15 is 0 Å². The van der Waals surface area contributed by atoms with Gasteiger partial charge in [-0.25, -0.2) is 9.97 Å². The van der Waals surface area contributed by atoms with Gasteiger partial charge in [-0.15, -0.1) is 0 Å². The first-order valence-electron chi connectivity index (χ1n) is 11.9. The summed E-state index contributed by atoms with van der Waals surface area (Å²) in [5.74, 6) is 1.66. The van der Waals surface area contributed by atoms with Gasteiger partial charge in [0.05, 0.1) is 19.2 Å². The third-order valence-electron chi connectivity index (χ3n) is 6.33. The van der Waals surface area contributed by atoms with Gasteiger partial charge in [-0.1, -0.05) is 37.6 Å². The summed E-state index contributed by atoms with van der Waals surface area (Å²) in [4.78, 5) is 13.9. The first-order chi connectivity index (χ1) is 16.7. The van der Waals surface area contributed by atoms with Crippen LogP contribution in [0.25, 0.3) is 27.5 Å². The lowest BCUT2D eigenvalue weighted by atomic mass is 10.0. The van der Waals surface area contributed by atoms with Crippen LogP contribution >= 0.6 is 0 Å². The van der Waals surface area contributed by atoms with Crippen LogP contribution in [-0.4, -0.2) is 46.3 Å². The zero-order valence-corrected chi connectivity index (χ0v) is 19.8. The number of ether oxygens (including phenoxy) is 1. The largest absolute Gasteiger partial charge is 0.481 e. The molecule has 8 nitrogen and oxygen atoms in total. The Labute approximate surface area is 199 Å². The van der Waals surface area contributed by atoms with Crippen molar-refractivity contribution >= 4 is 39.3 Å². The Hall–Kier alpha value is -3.65. The number of para-hydroxylation sites is 1. The molecule has 3 aromatic heterocycles. The number of hydrogen-bond acceptors (Lipinski definition) is 7. The fourth-order valence-electron chi connectivity index (χ4n) is 4.64. The van der Waals surface area contributed by atoms with Crippen molar-refractivity contribution in [2.45, 2.75) is 32.7 Å². The molecule has 1 aromatic carbocycles. The van der Waals surface area contributed by atoms with E-state index in [0.717, 1.165) is 77.8 Å². The Kier molecular flexibility index (Phi) is 6.31. The zero-order chi connectivity index (χ0) is 23.5. The Balaban J connectivity index is 1.67. The van der Waals surface area contributed by atoms with Gasteiger partial charge in [0.1, 0.15) is 11.0 Å². The van der Waals surface area contributed by atoms with Crippen molar-refractivity contribution in [2.24, 2.45) is 0 Å². The molecule has 176 valence electrons. The highest BCUT2D eigenvalue weighted by atomic mass is 16.5. The predicted molar refractivity (Wildman–Crippen MR) is 138 cm³/mol. The molecule has 4 heterocycles. The van der Waals surface area contributed by atoms with E-state index in [4.69, 9.17) is 10.5 Å². The van der Waals surface area contributed by atoms with Gasteiger partial charge in [0, 0.05) is 30.2 Å². The summed E-state index contributed by atoms with van der Waals surface area (Å²) in [6.07, 6.45) is 7.29. The maximum Gasteiger partial charge on any atom is 0.222 e. The van der Waals surface area contributed by atoms with Crippen molar-refractivity contribution in [3.63, 3.8) is 0 Å². The quantitative estimate of drug-likeness (QED) is 0.341. The van der Waals surface area contributed by atoms with Gasteiger partial charge >= 0.3 is 0 Å². The number of fused-ring (bicyclic) bond motifs is 3. The lowest BCUT2D eigenvalue weighted by Gasteiger charge is -2.17. The number of benzene rings is 1. The van der Waals surface area contributed by atoms with Crippen LogP contribution in [0.1, 0.15) is 37.3 Å². The number of nitrogen functional groups attached to an aromatic ring is 1. The van der Waals surface area contributed by atoms with Gasteiger partial charge in [0.15, 0.2) is 5.82 Å². The molecule has 4 aromatic rings. The molecule has 0 fully saturated rings. The van der Waals surface area contributed by atoms with Crippen LogP contribution in [0, 0.1) is 0 Å². The van der Waals surface area contributed by atoms with Crippen LogP contribution < -0.4 is 21.1 Å². The van der Waals surface area contributed by atoms with Crippen LogP contribution in [0.4, 0.5) is 11.8 Å². The Morgan fingerprint density at radius 1 is 1.24 bits per heavy atom. The molecule has 0 radical (unpaired) electrons. The fraction of sp³-hybridized carbons (Fsp3) is 0.346. The van der Waals surface area contributed by atoms with E-state index in [1.807, 2.05) is 18.3 Å². The Morgan fingerprint density at radius 3 is 2.91 bits per heavy atom. The van der Waals surface area contributed by atoms with Gasteiger partial charge in [-0.3, -0.25) is 0 Å². The minimum Gasteiger partial charge on any atom is -0.481 e. The highest BCUT2D eigenvalue weighted by Gasteiger charge is 2.20. The summed E-state index contributed by atoms with van der Waals surface area (Å²) < 4.78 is 7.91. The second-order valence-corrected chi connectivity index (χ2v) is 8.59. The molecule has 0 saturated heterocycles. The molecule has 5 rings (SSSR count). The van der Waals surface area contributed by atoms with E-state index < -0.39 is 0 Å². The predicted octanol–water partition coefficient (Wildman–Crippen LogP) is 4.21. The number of unbranched alkanes of at least 4 members (excludes halogenated alkanes) is 1. The molecule has 34 heavy (non-hydrogen) atoms. The van der Waals surface area contributed by atoms with Crippen molar-refractivity contribution < 1.29 is 4.74 Å². The van der Waals surface area contributed by atoms with E-state index in [-0.39, 0.29) is 5.95 Å². The first kappa shape index (κ1) is 22.2. The SMILES string of the molecule is CCCCNc1nc(N)nc2c3ccccc3n(Cc3cc(C4=CCNCC4)cnc3OC)c12. The standard InChI is InChI=1S/C26H31N7O/c1-3-4-11-29-24-23-22(31-26(27)32-24)20-7-5-6-8-21(20)33(23)16-19-14-18(15-30-25(19)34-2)17-9-12-28-13-10-17/h5-9,14-15,28H,3-4,10-13,16H2,1-2H3,(H3,27,29,31,32). The van der Waals surface area contributed by atoms with Crippen LogP contribution in [0.3, 0.4) is 0 Å². The number of rotatable bonds is 8. The molecule has 1 aliphatic rings. The second-order valence-electron chi connectivity index (χ2n) is 8.59. The summed E-state index contributed by atoms with van der Waals surface area (Å²) in [6, 6.07) is 10.5. The monoisotopic (exact) mass is 457 g/mol. The number of methoxy groups -OCH3 is 1. The second kappa shape index (κ2) is 9.69. The smallest absolute Gasteiger partial charge is 0.222 e. The molecule has 1 aliphatic heterocycles. The maximum absolute atomic E-state index is 6.12.